The van der Waals surface area contributed by atoms with E-state index in [1.165, 1.54) is 0 Å². The van der Waals surface area contributed by atoms with Gasteiger partial charge in [0.05, 0.1) is 0 Å². The molecule has 6 heavy (non-hydrogen) atoms. The van der Waals surface area contributed by atoms with Crippen molar-refractivity contribution >= 4 is 0 Å². The summed E-state index contributed by atoms with van der Waals surface area (Å²) in [6, 6.07) is 0. The fourth-order valence-electron chi connectivity index (χ4n) is 0.224. The molecule has 0 saturated heterocycles. The Hall–Kier alpha value is -0.0800. The maximum absolute atomic E-state index is 8.09. The van der Waals surface area contributed by atoms with Crippen LogP contribution in [-0.2, 0) is 0 Å². The van der Waals surface area contributed by atoms with Gasteiger partial charge in [0, 0.05) is 13.2 Å². The minimum atomic E-state index is 0.195. The zero-order valence-electron chi connectivity index (χ0n) is 3.72. The molecule has 0 heterocycles. The van der Waals surface area contributed by atoms with Gasteiger partial charge in [-0.15, -0.1) is 0 Å². The highest BCUT2D eigenvalue weighted by molar-refractivity contribution is 4.30. The van der Waals surface area contributed by atoms with Crippen molar-refractivity contribution in [1.82, 2.24) is 0 Å². The van der Waals surface area contributed by atoms with Gasteiger partial charge in [-0.3, -0.25) is 0 Å². The second kappa shape index (κ2) is 4.92. The van der Waals surface area contributed by atoms with E-state index >= 15 is 0 Å². The van der Waals surface area contributed by atoms with E-state index in [2.05, 4.69) is 0 Å². The van der Waals surface area contributed by atoms with Crippen LogP contribution in [-0.4, -0.2) is 23.4 Å². The van der Waals surface area contributed by atoms with Gasteiger partial charge in [0.2, 0.25) is 0 Å². The van der Waals surface area contributed by atoms with E-state index in [0.717, 1.165) is 12.8 Å². The quantitative estimate of drug-likeness (QED) is 0.372. The molecule has 0 aromatic rings. The lowest BCUT2D eigenvalue weighted by molar-refractivity contribution is 0.242. The molecule has 2 N–H and O–H groups in total. The first-order valence-electron chi connectivity index (χ1n) is 2.13. The smallest absolute Gasteiger partial charge is 0.0431 e. The summed E-state index contributed by atoms with van der Waals surface area (Å²) in [5.74, 6) is 0. The number of aliphatic hydroxyl groups is 2. The molecular formula is C4H10O2. The molecule has 0 spiro atoms. The average molecular weight is 92.1 g/mol. The summed E-state index contributed by atoms with van der Waals surface area (Å²) >= 11 is 0. The van der Waals surface area contributed by atoms with E-state index in [4.69, 9.17) is 10.2 Å². The SMILES string of the molecule is O[13CH2]CC[13CH2]O. The lowest BCUT2D eigenvalue weighted by atomic mass is 10.6. The van der Waals surface area contributed by atoms with Crippen molar-refractivity contribution in [2.75, 3.05) is 13.2 Å². The molecule has 0 atom stereocenters. The number of aliphatic hydroxyl groups excluding tert-OH is 2. The molecule has 0 fully saturated rings. The lowest BCUT2D eigenvalue weighted by Crippen LogP contribution is -1.85. The maximum atomic E-state index is 8.09. The molecule has 0 radical (unpaired) electrons. The summed E-state index contributed by atoms with van der Waals surface area (Å²) < 4.78 is 0. The Labute approximate surface area is 37.4 Å². The molecule has 0 aliphatic heterocycles. The van der Waals surface area contributed by atoms with Gasteiger partial charge in [0.15, 0.2) is 0 Å². The van der Waals surface area contributed by atoms with Crippen molar-refractivity contribution < 1.29 is 10.2 Å². The molecule has 0 aromatic heterocycles. The molecule has 38 valence electrons. The summed E-state index contributed by atoms with van der Waals surface area (Å²) in [5.41, 5.74) is 0. The van der Waals surface area contributed by atoms with Gasteiger partial charge in [-0.1, -0.05) is 0 Å². The largest absolute Gasteiger partial charge is 0.396 e. The van der Waals surface area contributed by atoms with Crippen LogP contribution in [0.4, 0.5) is 0 Å². The third-order valence-electron chi connectivity index (χ3n) is 0.566. The normalized spacial score (nSPS) is 9.00. The highest BCUT2D eigenvalue weighted by atomic mass is 16.3. The molecule has 2 heteroatoms. The van der Waals surface area contributed by atoms with Crippen molar-refractivity contribution in [2.24, 2.45) is 0 Å². The predicted octanol–water partition coefficient (Wildman–Crippen LogP) is -0.249. The van der Waals surface area contributed by atoms with Gasteiger partial charge in [-0.05, 0) is 12.8 Å². The number of rotatable bonds is 3. The number of unbranched alkanes of at least 4 members (excludes halogenated alkanes) is 1. The first-order valence-corrected chi connectivity index (χ1v) is 2.13. The molecule has 0 rings (SSSR count). The summed E-state index contributed by atoms with van der Waals surface area (Å²) in [6.45, 7) is 0.390. The van der Waals surface area contributed by atoms with E-state index in [-0.39, 0.29) is 13.2 Å². The monoisotopic (exact) mass is 92.1 g/mol. The number of hydrogen-bond acceptors (Lipinski definition) is 2. The van der Waals surface area contributed by atoms with Crippen LogP contribution in [0, 0.1) is 0 Å². The molecule has 0 aliphatic rings. The van der Waals surface area contributed by atoms with Crippen molar-refractivity contribution in [3.05, 3.63) is 0 Å². The predicted molar refractivity (Wildman–Crippen MR) is 23.4 cm³/mol. The minimum absolute atomic E-state index is 0.195. The summed E-state index contributed by atoms with van der Waals surface area (Å²) in [5, 5.41) is 16.2. The van der Waals surface area contributed by atoms with Crippen LogP contribution >= 0.6 is 0 Å². The van der Waals surface area contributed by atoms with Crippen LogP contribution in [0.2, 0.25) is 0 Å². The summed E-state index contributed by atoms with van der Waals surface area (Å²) in [4.78, 5) is 0. The van der Waals surface area contributed by atoms with Crippen LogP contribution < -0.4 is 0 Å². The maximum Gasteiger partial charge on any atom is 0.0431 e. The van der Waals surface area contributed by atoms with Gasteiger partial charge in [0.1, 0.15) is 0 Å². The molecule has 2 nitrogen and oxygen atoms in total. The van der Waals surface area contributed by atoms with Crippen molar-refractivity contribution in [1.29, 1.82) is 0 Å². The zero-order valence-corrected chi connectivity index (χ0v) is 3.72. The Morgan fingerprint density at radius 2 is 1.17 bits per heavy atom. The van der Waals surface area contributed by atoms with Crippen molar-refractivity contribution in [2.45, 2.75) is 12.8 Å². The fourth-order valence-corrected chi connectivity index (χ4v) is 0.224. The summed E-state index contributed by atoms with van der Waals surface area (Å²) in [7, 11) is 0. The zero-order chi connectivity index (χ0) is 4.83. The molecule has 0 bridgehead atoms. The lowest BCUT2D eigenvalue weighted by Gasteiger charge is -1.85. The van der Waals surface area contributed by atoms with Crippen molar-refractivity contribution in [3.63, 3.8) is 0 Å². The second-order valence-electron chi connectivity index (χ2n) is 1.15. The second-order valence-corrected chi connectivity index (χ2v) is 1.15. The van der Waals surface area contributed by atoms with E-state index < -0.39 is 0 Å². The van der Waals surface area contributed by atoms with Crippen LogP contribution in [0.1, 0.15) is 12.8 Å². The molecule has 0 amide bonds. The van der Waals surface area contributed by atoms with Gasteiger partial charge in [0.25, 0.3) is 0 Å². The first kappa shape index (κ1) is 5.92. The Bertz CT molecular complexity index is 17.5. The van der Waals surface area contributed by atoms with Crippen LogP contribution in [0.3, 0.4) is 0 Å². The Morgan fingerprint density at radius 1 is 0.833 bits per heavy atom. The fraction of sp³-hybridized carbons (Fsp3) is 1.00. The van der Waals surface area contributed by atoms with Gasteiger partial charge < -0.3 is 10.2 Å². The Kier molecular flexibility index (Phi) is 4.85. The Balaban J connectivity index is 2.34. The topological polar surface area (TPSA) is 40.5 Å². The van der Waals surface area contributed by atoms with E-state index in [1.807, 2.05) is 0 Å². The standard InChI is InChI=1S/C4H10O2/c5-3-1-2-4-6/h5-6H,1-4H2/i3+1,4+1. The third kappa shape index (κ3) is 3.92. The van der Waals surface area contributed by atoms with Gasteiger partial charge in [-0.25, -0.2) is 0 Å². The third-order valence-corrected chi connectivity index (χ3v) is 0.566. The van der Waals surface area contributed by atoms with Crippen LogP contribution in [0.25, 0.3) is 0 Å². The van der Waals surface area contributed by atoms with E-state index in [9.17, 15) is 0 Å². The van der Waals surface area contributed by atoms with E-state index in [0.29, 0.717) is 0 Å². The molecular weight excluding hydrogens is 82.0 g/mol. The van der Waals surface area contributed by atoms with Crippen molar-refractivity contribution in [3.8, 4) is 0 Å². The molecule has 0 saturated carbocycles. The molecule has 0 aliphatic carbocycles. The average Bonchev–Trinajstić information content (AvgIpc) is 1.61. The number of hydrogen-bond donors (Lipinski definition) is 2. The van der Waals surface area contributed by atoms with E-state index in [1.54, 1.807) is 0 Å². The highest BCUT2D eigenvalue weighted by Crippen LogP contribution is 1.80. The minimum Gasteiger partial charge on any atom is -0.396 e. The summed E-state index contributed by atoms with van der Waals surface area (Å²) in [6.07, 6.45) is 1.44. The van der Waals surface area contributed by atoms with Gasteiger partial charge >= 0.3 is 0 Å². The molecule has 0 aromatic carbocycles. The highest BCUT2D eigenvalue weighted by Gasteiger charge is 1.77. The Morgan fingerprint density at radius 3 is 1.33 bits per heavy atom. The van der Waals surface area contributed by atoms with Crippen LogP contribution in [0.15, 0.2) is 0 Å². The van der Waals surface area contributed by atoms with Gasteiger partial charge in [-0.2, -0.15) is 0 Å². The van der Waals surface area contributed by atoms with Crippen LogP contribution in [0.5, 0.6) is 0 Å². The first-order chi connectivity index (χ1) is 2.91. The molecule has 0 unspecified atom stereocenters.